The molecular weight excluding hydrogens is 387 g/mol. The maximum absolute atomic E-state index is 6.40. The van der Waals surface area contributed by atoms with Crippen molar-refractivity contribution < 1.29 is 9.31 Å². The van der Waals surface area contributed by atoms with Crippen molar-refractivity contribution in [2.24, 2.45) is 0 Å². The summed E-state index contributed by atoms with van der Waals surface area (Å²) in [5, 5.41) is 1.25. The normalized spacial score (nSPS) is 17.5. The Morgan fingerprint density at radius 2 is 1.23 bits per heavy atom. The molecule has 1 aliphatic rings. The van der Waals surface area contributed by atoms with Crippen LogP contribution in [0.1, 0.15) is 27.7 Å². The van der Waals surface area contributed by atoms with Gasteiger partial charge >= 0.3 is 7.12 Å². The molecule has 0 aliphatic carbocycles. The quantitative estimate of drug-likeness (QED) is 0.356. The maximum Gasteiger partial charge on any atom is 0.496 e. The van der Waals surface area contributed by atoms with E-state index in [1.807, 2.05) is 11.3 Å². The van der Waals surface area contributed by atoms with Crippen molar-refractivity contribution in [1.82, 2.24) is 0 Å². The van der Waals surface area contributed by atoms with Gasteiger partial charge in [0.05, 0.1) is 11.2 Å². The van der Waals surface area contributed by atoms with Crippen LogP contribution in [0.5, 0.6) is 0 Å². The number of hydrogen-bond acceptors (Lipinski definition) is 3. The number of hydrogen-bond donors (Lipinski definition) is 0. The standard InChI is InChI=1S/C26H25BO2S/c1-25(2)26(3,4)29-27(28-25)21-17-11-16-20-22(18-12-7-5-8-13-18)23(30-24(20)21)19-14-9-6-10-15-19/h5-17H,1-4H3. The van der Waals surface area contributed by atoms with Gasteiger partial charge in [0.2, 0.25) is 0 Å². The monoisotopic (exact) mass is 412 g/mol. The molecule has 1 aromatic heterocycles. The maximum atomic E-state index is 6.40. The summed E-state index contributed by atoms with van der Waals surface area (Å²) in [7, 11) is -0.371. The third kappa shape index (κ3) is 3.11. The van der Waals surface area contributed by atoms with Gasteiger partial charge in [-0.15, -0.1) is 11.3 Å². The van der Waals surface area contributed by atoms with E-state index in [2.05, 4.69) is 107 Å². The van der Waals surface area contributed by atoms with Crippen molar-refractivity contribution in [3.8, 4) is 21.6 Å². The average molecular weight is 412 g/mol. The summed E-state index contributed by atoms with van der Waals surface area (Å²) in [6, 6.07) is 27.8. The second-order valence-corrected chi connectivity index (χ2v) is 9.87. The summed E-state index contributed by atoms with van der Waals surface area (Å²) in [4.78, 5) is 1.28. The molecule has 1 aliphatic heterocycles. The van der Waals surface area contributed by atoms with Crippen LogP contribution in [-0.2, 0) is 9.31 Å². The van der Waals surface area contributed by atoms with E-state index in [0.29, 0.717) is 0 Å². The van der Waals surface area contributed by atoms with Crippen molar-refractivity contribution in [3.05, 3.63) is 78.9 Å². The molecule has 0 spiro atoms. The predicted molar refractivity (Wildman–Crippen MR) is 128 cm³/mol. The van der Waals surface area contributed by atoms with E-state index in [4.69, 9.17) is 9.31 Å². The van der Waals surface area contributed by atoms with Crippen molar-refractivity contribution in [3.63, 3.8) is 0 Å². The summed E-state index contributed by atoms with van der Waals surface area (Å²) in [5.74, 6) is 0. The smallest absolute Gasteiger partial charge is 0.399 e. The molecule has 0 atom stereocenters. The molecule has 0 saturated carbocycles. The van der Waals surface area contributed by atoms with E-state index >= 15 is 0 Å². The van der Waals surface area contributed by atoms with Gasteiger partial charge in [-0.3, -0.25) is 0 Å². The van der Waals surface area contributed by atoms with E-state index < -0.39 is 0 Å². The molecule has 2 heterocycles. The molecule has 0 unspecified atom stereocenters. The lowest BCUT2D eigenvalue weighted by Gasteiger charge is -2.32. The Labute approximate surface area is 182 Å². The van der Waals surface area contributed by atoms with Gasteiger partial charge in [0, 0.05) is 26.0 Å². The zero-order valence-corrected chi connectivity index (χ0v) is 18.6. The zero-order valence-electron chi connectivity index (χ0n) is 17.8. The van der Waals surface area contributed by atoms with Gasteiger partial charge in [-0.2, -0.15) is 0 Å². The van der Waals surface area contributed by atoms with Gasteiger partial charge < -0.3 is 9.31 Å². The van der Waals surface area contributed by atoms with E-state index in [1.165, 1.54) is 31.7 Å². The highest BCUT2D eigenvalue weighted by atomic mass is 32.1. The lowest BCUT2D eigenvalue weighted by molar-refractivity contribution is 0.00578. The first-order valence-electron chi connectivity index (χ1n) is 10.4. The van der Waals surface area contributed by atoms with E-state index in [-0.39, 0.29) is 18.3 Å². The number of fused-ring (bicyclic) bond motifs is 1. The zero-order chi connectivity index (χ0) is 20.9. The van der Waals surface area contributed by atoms with Gasteiger partial charge in [-0.05, 0) is 38.8 Å². The topological polar surface area (TPSA) is 18.5 Å². The van der Waals surface area contributed by atoms with Crippen LogP contribution < -0.4 is 5.46 Å². The van der Waals surface area contributed by atoms with Crippen molar-refractivity contribution in [2.45, 2.75) is 38.9 Å². The minimum atomic E-state index is -0.371. The lowest BCUT2D eigenvalue weighted by Crippen LogP contribution is -2.41. The number of thiophene rings is 1. The predicted octanol–water partition coefficient (Wildman–Crippen LogP) is 6.53. The van der Waals surface area contributed by atoms with Gasteiger partial charge in [-0.25, -0.2) is 0 Å². The van der Waals surface area contributed by atoms with Gasteiger partial charge in [-0.1, -0.05) is 78.9 Å². The molecule has 0 N–H and O–H groups in total. The van der Waals surface area contributed by atoms with Crippen LogP contribution in [0.3, 0.4) is 0 Å². The highest BCUT2D eigenvalue weighted by molar-refractivity contribution is 7.24. The first kappa shape index (κ1) is 19.6. The Morgan fingerprint density at radius 3 is 1.83 bits per heavy atom. The Bertz CT molecular complexity index is 1180. The highest BCUT2D eigenvalue weighted by Crippen LogP contribution is 2.45. The molecule has 4 heteroatoms. The Morgan fingerprint density at radius 1 is 0.667 bits per heavy atom. The highest BCUT2D eigenvalue weighted by Gasteiger charge is 2.52. The first-order chi connectivity index (χ1) is 14.4. The molecular formula is C26H25BO2S. The van der Waals surface area contributed by atoms with Gasteiger partial charge in [0.25, 0.3) is 0 Å². The fraction of sp³-hybridized carbons (Fsp3) is 0.231. The molecule has 2 nitrogen and oxygen atoms in total. The van der Waals surface area contributed by atoms with Crippen molar-refractivity contribution in [2.75, 3.05) is 0 Å². The van der Waals surface area contributed by atoms with Crippen LogP contribution in [0.15, 0.2) is 78.9 Å². The van der Waals surface area contributed by atoms with Crippen LogP contribution in [0.2, 0.25) is 0 Å². The molecule has 0 amide bonds. The molecule has 0 bridgehead atoms. The molecule has 0 radical (unpaired) electrons. The second kappa shape index (κ2) is 7.09. The Hall–Kier alpha value is -2.40. The van der Waals surface area contributed by atoms with Gasteiger partial charge in [0.1, 0.15) is 0 Å². The lowest BCUT2D eigenvalue weighted by atomic mass is 9.78. The molecule has 1 fully saturated rings. The fourth-order valence-corrected chi connectivity index (χ4v) is 5.33. The third-order valence-corrected chi connectivity index (χ3v) is 7.66. The largest absolute Gasteiger partial charge is 0.496 e. The SMILES string of the molecule is CC1(C)OB(c2cccc3c(-c4ccccc4)c(-c4ccccc4)sc23)OC1(C)C. The molecule has 5 rings (SSSR count). The Balaban J connectivity index is 1.75. The number of rotatable bonds is 3. The summed E-state index contributed by atoms with van der Waals surface area (Å²) in [6.45, 7) is 8.41. The van der Waals surface area contributed by atoms with Crippen LogP contribution in [0, 0.1) is 0 Å². The third-order valence-electron chi connectivity index (χ3n) is 6.35. The van der Waals surface area contributed by atoms with Crippen LogP contribution >= 0.6 is 11.3 Å². The fourth-order valence-electron chi connectivity index (χ4n) is 3.98. The molecule has 1 saturated heterocycles. The molecule has 30 heavy (non-hydrogen) atoms. The summed E-state index contributed by atoms with van der Waals surface area (Å²) in [5.41, 5.74) is 4.13. The minimum Gasteiger partial charge on any atom is -0.399 e. The molecule has 150 valence electrons. The van der Waals surface area contributed by atoms with E-state index in [9.17, 15) is 0 Å². The first-order valence-corrected chi connectivity index (χ1v) is 11.2. The summed E-state index contributed by atoms with van der Waals surface area (Å²) in [6.07, 6.45) is 0. The molecule has 3 aromatic carbocycles. The molecule has 4 aromatic rings. The van der Waals surface area contributed by atoms with E-state index in [1.54, 1.807) is 0 Å². The number of benzene rings is 3. The Kier molecular flexibility index (Phi) is 4.62. The van der Waals surface area contributed by atoms with Gasteiger partial charge in [0.15, 0.2) is 0 Å². The summed E-state index contributed by atoms with van der Waals surface area (Å²) < 4.78 is 14.0. The van der Waals surface area contributed by atoms with Crippen LogP contribution in [0.25, 0.3) is 31.7 Å². The van der Waals surface area contributed by atoms with Crippen molar-refractivity contribution in [1.29, 1.82) is 0 Å². The summed E-state index contributed by atoms with van der Waals surface area (Å²) >= 11 is 1.83. The van der Waals surface area contributed by atoms with Crippen molar-refractivity contribution >= 4 is 34.0 Å². The van der Waals surface area contributed by atoms with E-state index in [0.717, 1.165) is 5.46 Å². The average Bonchev–Trinajstić information content (AvgIpc) is 3.23. The van der Waals surface area contributed by atoms with Crippen LogP contribution in [-0.4, -0.2) is 18.3 Å². The second-order valence-electron chi connectivity index (χ2n) is 8.85. The minimum absolute atomic E-state index is 0.360. The van der Waals surface area contributed by atoms with Crippen LogP contribution in [0.4, 0.5) is 0 Å².